The van der Waals surface area contributed by atoms with Crippen molar-refractivity contribution in [2.24, 2.45) is 7.05 Å². The largest absolute Gasteiger partial charge is 0.379 e. The molecule has 3 heteroatoms. The normalized spacial score (nSPS) is 14.2. The zero-order valence-corrected chi connectivity index (χ0v) is 15.7. The van der Waals surface area contributed by atoms with Crippen molar-refractivity contribution in [1.82, 2.24) is 9.47 Å². The Hall–Kier alpha value is -2.10. The molecule has 0 aliphatic heterocycles. The van der Waals surface area contributed by atoms with E-state index < -0.39 is 5.60 Å². The lowest BCUT2D eigenvalue weighted by atomic mass is 9.83. The predicted molar refractivity (Wildman–Crippen MR) is 105 cm³/mol. The highest BCUT2D eigenvalue weighted by Gasteiger charge is 2.35. The van der Waals surface area contributed by atoms with Crippen molar-refractivity contribution in [2.75, 3.05) is 20.6 Å². The molecule has 0 bridgehead atoms. The van der Waals surface area contributed by atoms with Crippen LogP contribution in [0, 0.1) is 6.92 Å². The SMILES string of the molecule is Cc1ccccc1C(O)(CCCN(C)C)c1cc2ccccc2n1C. The summed E-state index contributed by atoms with van der Waals surface area (Å²) in [5.41, 5.74) is 3.24. The molecule has 0 fully saturated rings. The van der Waals surface area contributed by atoms with Crippen molar-refractivity contribution in [3.8, 4) is 0 Å². The number of aliphatic hydroxyl groups is 1. The number of aryl methyl sites for hydroxylation is 2. The van der Waals surface area contributed by atoms with Crippen LogP contribution < -0.4 is 0 Å². The van der Waals surface area contributed by atoms with Gasteiger partial charge in [0.05, 0.1) is 5.69 Å². The van der Waals surface area contributed by atoms with Crippen LogP contribution in [0.15, 0.2) is 54.6 Å². The molecule has 3 nitrogen and oxygen atoms in total. The van der Waals surface area contributed by atoms with Gasteiger partial charge in [0.15, 0.2) is 0 Å². The van der Waals surface area contributed by atoms with Crippen LogP contribution in [0.4, 0.5) is 0 Å². The van der Waals surface area contributed by atoms with Crippen LogP contribution in [0.1, 0.15) is 29.7 Å². The third-order valence-corrected chi connectivity index (χ3v) is 5.11. The van der Waals surface area contributed by atoms with Crippen LogP contribution in [0.2, 0.25) is 0 Å². The number of hydrogen-bond acceptors (Lipinski definition) is 2. The molecule has 1 atom stereocenters. The first-order valence-corrected chi connectivity index (χ1v) is 8.91. The average molecular weight is 336 g/mol. The summed E-state index contributed by atoms with van der Waals surface area (Å²) in [4.78, 5) is 2.17. The van der Waals surface area contributed by atoms with Gasteiger partial charge < -0.3 is 14.6 Å². The van der Waals surface area contributed by atoms with Gasteiger partial charge in [-0.25, -0.2) is 0 Å². The second-order valence-corrected chi connectivity index (χ2v) is 7.23. The van der Waals surface area contributed by atoms with Crippen molar-refractivity contribution < 1.29 is 5.11 Å². The van der Waals surface area contributed by atoms with Crippen LogP contribution in [0.3, 0.4) is 0 Å². The first kappa shape index (κ1) is 17.7. The van der Waals surface area contributed by atoms with E-state index in [0.717, 1.165) is 35.3 Å². The van der Waals surface area contributed by atoms with Gasteiger partial charge in [0, 0.05) is 12.6 Å². The van der Waals surface area contributed by atoms with Gasteiger partial charge in [0.25, 0.3) is 0 Å². The van der Waals surface area contributed by atoms with Gasteiger partial charge in [-0.15, -0.1) is 0 Å². The number of hydrogen-bond donors (Lipinski definition) is 1. The fraction of sp³-hybridized carbons (Fsp3) is 0.364. The fourth-order valence-corrected chi connectivity index (χ4v) is 3.77. The second-order valence-electron chi connectivity index (χ2n) is 7.23. The fourth-order valence-electron chi connectivity index (χ4n) is 3.77. The minimum absolute atomic E-state index is 0.695. The van der Waals surface area contributed by atoms with Gasteiger partial charge >= 0.3 is 0 Å². The number of fused-ring (bicyclic) bond motifs is 1. The molecule has 0 radical (unpaired) electrons. The molecule has 25 heavy (non-hydrogen) atoms. The maximum absolute atomic E-state index is 11.9. The molecule has 1 heterocycles. The number of nitrogens with zero attached hydrogens (tertiary/aromatic N) is 2. The molecule has 0 amide bonds. The van der Waals surface area contributed by atoms with E-state index in [-0.39, 0.29) is 0 Å². The van der Waals surface area contributed by atoms with Gasteiger partial charge in [-0.2, -0.15) is 0 Å². The standard InChI is InChI=1S/C22H28N2O/c1-17-10-5-7-12-19(17)22(25,14-9-15-23(2)3)21-16-18-11-6-8-13-20(18)24(21)4/h5-8,10-13,16,25H,9,14-15H2,1-4H3. The lowest BCUT2D eigenvalue weighted by molar-refractivity contribution is 0.0589. The molecule has 2 aromatic carbocycles. The summed E-state index contributed by atoms with van der Waals surface area (Å²) in [7, 11) is 6.19. The Morgan fingerprint density at radius 1 is 1.04 bits per heavy atom. The van der Waals surface area contributed by atoms with E-state index >= 15 is 0 Å². The molecule has 0 aliphatic carbocycles. The molecule has 132 valence electrons. The summed E-state index contributed by atoms with van der Waals surface area (Å²) in [6.45, 7) is 3.03. The van der Waals surface area contributed by atoms with Gasteiger partial charge in [-0.3, -0.25) is 0 Å². The molecule has 0 saturated heterocycles. The molecule has 3 rings (SSSR count). The Labute approximate surface area is 150 Å². The minimum atomic E-state index is -0.991. The molecule has 1 unspecified atom stereocenters. The van der Waals surface area contributed by atoms with E-state index in [1.165, 1.54) is 5.39 Å². The quantitative estimate of drug-likeness (QED) is 0.735. The zero-order chi connectivity index (χ0) is 18.0. The zero-order valence-electron chi connectivity index (χ0n) is 15.7. The Morgan fingerprint density at radius 2 is 1.72 bits per heavy atom. The van der Waals surface area contributed by atoms with Crippen LogP contribution in [0.5, 0.6) is 0 Å². The summed E-state index contributed by atoms with van der Waals surface area (Å²) in [6, 6.07) is 18.6. The number of rotatable bonds is 6. The Morgan fingerprint density at radius 3 is 2.40 bits per heavy atom. The monoisotopic (exact) mass is 336 g/mol. The van der Waals surface area contributed by atoms with Crippen LogP contribution >= 0.6 is 0 Å². The highest BCUT2D eigenvalue weighted by atomic mass is 16.3. The van der Waals surface area contributed by atoms with Crippen LogP contribution in [-0.4, -0.2) is 35.2 Å². The minimum Gasteiger partial charge on any atom is -0.379 e. The van der Waals surface area contributed by atoms with E-state index in [1.807, 2.05) is 31.3 Å². The summed E-state index contributed by atoms with van der Waals surface area (Å²) in [5.74, 6) is 0. The first-order chi connectivity index (χ1) is 11.9. The molecule has 3 aromatic rings. The van der Waals surface area contributed by atoms with Crippen molar-refractivity contribution in [3.63, 3.8) is 0 Å². The van der Waals surface area contributed by atoms with Gasteiger partial charge in [-0.05, 0) is 69.1 Å². The third kappa shape index (κ3) is 3.35. The maximum atomic E-state index is 11.9. The van der Waals surface area contributed by atoms with E-state index in [9.17, 15) is 5.11 Å². The van der Waals surface area contributed by atoms with Crippen LogP contribution in [0.25, 0.3) is 10.9 Å². The van der Waals surface area contributed by atoms with Crippen molar-refractivity contribution in [3.05, 3.63) is 71.4 Å². The molecule has 1 aromatic heterocycles. The number of aromatic nitrogens is 1. The lowest BCUT2D eigenvalue weighted by Gasteiger charge is -2.31. The van der Waals surface area contributed by atoms with Gasteiger partial charge in [0.2, 0.25) is 0 Å². The van der Waals surface area contributed by atoms with Crippen molar-refractivity contribution in [1.29, 1.82) is 0 Å². The van der Waals surface area contributed by atoms with Crippen molar-refractivity contribution >= 4 is 10.9 Å². The molecular weight excluding hydrogens is 308 g/mol. The summed E-state index contributed by atoms with van der Waals surface area (Å²) < 4.78 is 2.14. The summed E-state index contributed by atoms with van der Waals surface area (Å²) in [6.07, 6.45) is 1.62. The maximum Gasteiger partial charge on any atom is 0.130 e. The highest BCUT2D eigenvalue weighted by molar-refractivity contribution is 5.81. The Bertz CT molecular complexity index is 865. The number of benzene rings is 2. The van der Waals surface area contributed by atoms with Gasteiger partial charge in [0.1, 0.15) is 5.60 Å². The molecule has 1 N–H and O–H groups in total. The van der Waals surface area contributed by atoms with E-state index in [0.29, 0.717) is 6.42 Å². The van der Waals surface area contributed by atoms with Crippen molar-refractivity contribution in [2.45, 2.75) is 25.4 Å². The molecule has 0 aliphatic rings. The second kappa shape index (κ2) is 7.03. The smallest absolute Gasteiger partial charge is 0.130 e. The van der Waals surface area contributed by atoms with Gasteiger partial charge in [-0.1, -0.05) is 42.5 Å². The Balaban J connectivity index is 2.12. The Kier molecular flexibility index (Phi) is 4.98. The summed E-state index contributed by atoms with van der Waals surface area (Å²) in [5, 5.41) is 13.1. The van der Waals surface area contributed by atoms with E-state index in [4.69, 9.17) is 0 Å². The van der Waals surface area contributed by atoms with Crippen LogP contribution in [-0.2, 0) is 12.6 Å². The molecular formula is C22H28N2O. The lowest BCUT2D eigenvalue weighted by Crippen LogP contribution is -2.31. The number of para-hydroxylation sites is 1. The molecule has 0 spiro atoms. The highest BCUT2D eigenvalue weighted by Crippen LogP contribution is 2.38. The first-order valence-electron chi connectivity index (χ1n) is 8.91. The summed E-state index contributed by atoms with van der Waals surface area (Å²) >= 11 is 0. The van der Waals surface area contributed by atoms with E-state index in [2.05, 4.69) is 60.8 Å². The topological polar surface area (TPSA) is 28.4 Å². The molecule has 0 saturated carbocycles. The average Bonchev–Trinajstić information content (AvgIpc) is 2.93. The predicted octanol–water partition coefficient (Wildman–Crippen LogP) is 4.06. The third-order valence-electron chi connectivity index (χ3n) is 5.11. The van der Waals surface area contributed by atoms with E-state index in [1.54, 1.807) is 0 Å².